The predicted molar refractivity (Wildman–Crippen MR) is 117 cm³/mol. The summed E-state index contributed by atoms with van der Waals surface area (Å²) in [5.74, 6) is 2.69. The van der Waals surface area contributed by atoms with Crippen molar-refractivity contribution in [2.75, 3.05) is 37.0 Å². The Morgan fingerprint density at radius 2 is 1.86 bits per heavy atom. The lowest BCUT2D eigenvalue weighted by Gasteiger charge is -2.29. The molecule has 0 unspecified atom stereocenters. The maximum atomic E-state index is 6.53. The van der Waals surface area contributed by atoms with Crippen molar-refractivity contribution in [1.82, 2.24) is 14.6 Å². The Labute approximate surface area is 171 Å². The maximum Gasteiger partial charge on any atom is 0.159 e. The monoisotopic (exact) mass is 401 g/mol. The van der Waals surface area contributed by atoms with Crippen LogP contribution in [0.25, 0.3) is 5.65 Å². The zero-order valence-electron chi connectivity index (χ0n) is 17.2. The minimum atomic E-state index is 0.622. The summed E-state index contributed by atoms with van der Waals surface area (Å²) in [6.45, 7) is 8.44. The van der Waals surface area contributed by atoms with E-state index in [0.29, 0.717) is 5.02 Å². The predicted octanol–water partition coefficient (Wildman–Crippen LogP) is 5.09. The van der Waals surface area contributed by atoms with Gasteiger partial charge in [0.2, 0.25) is 0 Å². The van der Waals surface area contributed by atoms with E-state index in [9.17, 15) is 0 Å². The summed E-state index contributed by atoms with van der Waals surface area (Å²) in [4.78, 5) is 9.29. The number of ether oxygens (including phenoxy) is 1. The SMILES string of the molecule is CCCN(CCC)c1c(C)c(N(C)c2ccc(OC)cc2Cl)nc2ccnn12. The lowest BCUT2D eigenvalue weighted by molar-refractivity contribution is 0.415. The zero-order valence-corrected chi connectivity index (χ0v) is 18.0. The van der Waals surface area contributed by atoms with Crippen molar-refractivity contribution in [2.45, 2.75) is 33.6 Å². The molecular formula is C21H28ClN5O. The first-order chi connectivity index (χ1) is 13.5. The van der Waals surface area contributed by atoms with Crippen LogP contribution in [-0.2, 0) is 0 Å². The minimum Gasteiger partial charge on any atom is -0.497 e. The normalized spacial score (nSPS) is 11.1. The first-order valence-corrected chi connectivity index (χ1v) is 10.1. The van der Waals surface area contributed by atoms with Crippen LogP contribution in [0.2, 0.25) is 5.02 Å². The third kappa shape index (κ3) is 3.74. The maximum absolute atomic E-state index is 6.53. The molecule has 28 heavy (non-hydrogen) atoms. The minimum absolute atomic E-state index is 0.622. The fourth-order valence-electron chi connectivity index (χ4n) is 3.56. The van der Waals surface area contributed by atoms with Crippen molar-refractivity contribution < 1.29 is 4.74 Å². The average Bonchev–Trinajstić information content (AvgIpc) is 3.15. The van der Waals surface area contributed by atoms with Gasteiger partial charge in [-0.25, -0.2) is 4.98 Å². The summed E-state index contributed by atoms with van der Waals surface area (Å²) in [5, 5.41) is 5.15. The second-order valence-corrected chi connectivity index (χ2v) is 7.26. The molecule has 0 saturated heterocycles. The van der Waals surface area contributed by atoms with Crippen LogP contribution in [0, 0.1) is 6.92 Å². The van der Waals surface area contributed by atoms with Gasteiger partial charge in [0, 0.05) is 37.8 Å². The number of nitrogens with zero attached hydrogens (tertiary/aromatic N) is 5. The van der Waals surface area contributed by atoms with Crippen LogP contribution in [0.3, 0.4) is 0 Å². The summed E-state index contributed by atoms with van der Waals surface area (Å²) in [5.41, 5.74) is 2.78. The number of aromatic nitrogens is 3. The van der Waals surface area contributed by atoms with E-state index in [0.717, 1.165) is 60.2 Å². The Hall–Kier alpha value is -2.47. The molecular weight excluding hydrogens is 374 g/mol. The van der Waals surface area contributed by atoms with Crippen LogP contribution in [0.5, 0.6) is 5.75 Å². The van der Waals surface area contributed by atoms with Crippen molar-refractivity contribution in [3.8, 4) is 5.75 Å². The number of hydrogen-bond acceptors (Lipinski definition) is 5. The van der Waals surface area contributed by atoms with Crippen LogP contribution in [0.4, 0.5) is 17.3 Å². The number of anilines is 3. The van der Waals surface area contributed by atoms with Gasteiger partial charge in [-0.05, 0) is 31.9 Å². The molecule has 0 saturated carbocycles. The van der Waals surface area contributed by atoms with Crippen molar-refractivity contribution >= 4 is 34.6 Å². The van der Waals surface area contributed by atoms with Crippen LogP contribution >= 0.6 is 11.6 Å². The van der Waals surface area contributed by atoms with Gasteiger partial charge in [0.1, 0.15) is 17.4 Å². The van der Waals surface area contributed by atoms with E-state index in [2.05, 4.69) is 30.8 Å². The summed E-state index contributed by atoms with van der Waals surface area (Å²) >= 11 is 6.53. The molecule has 0 aliphatic carbocycles. The summed E-state index contributed by atoms with van der Waals surface area (Å²) in [6, 6.07) is 7.62. The Kier molecular flexibility index (Phi) is 6.29. The molecule has 0 fully saturated rings. The van der Waals surface area contributed by atoms with E-state index in [-0.39, 0.29) is 0 Å². The summed E-state index contributed by atoms with van der Waals surface area (Å²) in [6.07, 6.45) is 3.94. The van der Waals surface area contributed by atoms with Gasteiger partial charge in [0.05, 0.1) is 24.0 Å². The van der Waals surface area contributed by atoms with Crippen LogP contribution < -0.4 is 14.5 Å². The molecule has 2 heterocycles. The van der Waals surface area contributed by atoms with E-state index < -0.39 is 0 Å². The molecule has 0 radical (unpaired) electrons. The van der Waals surface area contributed by atoms with E-state index in [1.807, 2.05) is 40.7 Å². The molecule has 0 atom stereocenters. The fraction of sp³-hybridized carbons (Fsp3) is 0.429. The van der Waals surface area contributed by atoms with E-state index in [1.165, 1.54) is 0 Å². The molecule has 0 N–H and O–H groups in total. The van der Waals surface area contributed by atoms with Gasteiger partial charge < -0.3 is 14.5 Å². The first kappa shape index (κ1) is 20.3. The highest BCUT2D eigenvalue weighted by Crippen LogP contribution is 2.36. The zero-order chi connectivity index (χ0) is 20.3. The molecule has 3 aromatic rings. The largest absolute Gasteiger partial charge is 0.497 e. The lowest BCUT2D eigenvalue weighted by atomic mass is 10.2. The molecule has 3 rings (SSSR count). The van der Waals surface area contributed by atoms with Gasteiger partial charge in [0.25, 0.3) is 0 Å². The second kappa shape index (κ2) is 8.69. The molecule has 6 nitrogen and oxygen atoms in total. The number of rotatable bonds is 8. The molecule has 0 spiro atoms. The number of fused-ring (bicyclic) bond motifs is 1. The quantitative estimate of drug-likeness (QED) is 0.525. The van der Waals surface area contributed by atoms with Crippen LogP contribution in [-0.4, -0.2) is 41.8 Å². The van der Waals surface area contributed by atoms with Crippen LogP contribution in [0.1, 0.15) is 32.3 Å². The van der Waals surface area contributed by atoms with Crippen molar-refractivity contribution in [3.05, 3.63) is 41.0 Å². The number of methoxy groups -OCH3 is 1. The van der Waals surface area contributed by atoms with E-state index >= 15 is 0 Å². The Balaban J connectivity index is 2.15. The summed E-state index contributed by atoms with van der Waals surface area (Å²) < 4.78 is 7.21. The Morgan fingerprint density at radius 3 is 2.46 bits per heavy atom. The highest BCUT2D eigenvalue weighted by molar-refractivity contribution is 6.33. The molecule has 7 heteroatoms. The topological polar surface area (TPSA) is 45.9 Å². The third-order valence-corrected chi connectivity index (χ3v) is 5.14. The van der Waals surface area contributed by atoms with Gasteiger partial charge in [0.15, 0.2) is 5.65 Å². The lowest BCUT2D eigenvalue weighted by Crippen LogP contribution is -2.29. The van der Waals surface area contributed by atoms with Gasteiger partial charge in [-0.3, -0.25) is 0 Å². The number of halogens is 1. The second-order valence-electron chi connectivity index (χ2n) is 6.85. The molecule has 0 bridgehead atoms. The number of benzene rings is 1. The number of hydrogen-bond donors (Lipinski definition) is 0. The molecule has 150 valence electrons. The van der Waals surface area contributed by atoms with E-state index in [4.69, 9.17) is 21.3 Å². The van der Waals surface area contributed by atoms with Crippen molar-refractivity contribution in [1.29, 1.82) is 0 Å². The van der Waals surface area contributed by atoms with Crippen molar-refractivity contribution in [2.24, 2.45) is 0 Å². The summed E-state index contributed by atoms with van der Waals surface area (Å²) in [7, 11) is 3.63. The van der Waals surface area contributed by atoms with Crippen molar-refractivity contribution in [3.63, 3.8) is 0 Å². The van der Waals surface area contributed by atoms with Gasteiger partial charge >= 0.3 is 0 Å². The first-order valence-electron chi connectivity index (χ1n) is 9.68. The van der Waals surface area contributed by atoms with E-state index in [1.54, 1.807) is 13.3 Å². The molecule has 1 aromatic carbocycles. The van der Waals surface area contributed by atoms with Gasteiger partial charge in [-0.1, -0.05) is 25.4 Å². The third-order valence-electron chi connectivity index (χ3n) is 4.84. The Bertz CT molecular complexity index is 949. The highest BCUT2D eigenvalue weighted by atomic mass is 35.5. The molecule has 0 aliphatic rings. The highest BCUT2D eigenvalue weighted by Gasteiger charge is 2.21. The molecule has 0 aliphatic heterocycles. The fourth-order valence-corrected chi connectivity index (χ4v) is 3.85. The average molecular weight is 402 g/mol. The standard InChI is InChI=1S/C21H28ClN5O/c1-6-12-26(13-7-2)21-15(3)20(24-19-10-11-23-27(19)21)25(4)18-9-8-16(28-5)14-17(18)22/h8-11,14H,6-7,12-13H2,1-5H3. The van der Waals surface area contributed by atoms with Gasteiger partial charge in [-0.2, -0.15) is 9.61 Å². The molecule has 2 aromatic heterocycles. The smallest absolute Gasteiger partial charge is 0.159 e. The van der Waals surface area contributed by atoms with Gasteiger partial charge in [-0.15, -0.1) is 0 Å². The Morgan fingerprint density at radius 1 is 1.14 bits per heavy atom. The van der Waals surface area contributed by atoms with Crippen LogP contribution in [0.15, 0.2) is 30.5 Å². The molecule has 0 amide bonds.